The van der Waals surface area contributed by atoms with E-state index in [0.717, 1.165) is 43.6 Å². The normalized spacial score (nSPS) is 27.4. The number of rotatable bonds is 10. The lowest BCUT2D eigenvalue weighted by Crippen LogP contribution is -2.49. The number of aryl methyl sites for hydroxylation is 1. The zero-order valence-corrected chi connectivity index (χ0v) is 21.4. The second-order valence-corrected chi connectivity index (χ2v) is 12.2. The molecular formula is C28H43N3O3. The molecule has 1 aromatic heterocycles. The van der Waals surface area contributed by atoms with E-state index in [0.29, 0.717) is 18.5 Å². The zero-order valence-electron chi connectivity index (χ0n) is 21.4. The number of esters is 1. The van der Waals surface area contributed by atoms with Gasteiger partial charge in [0.1, 0.15) is 5.60 Å². The molecule has 4 aliphatic rings. The third-order valence-corrected chi connectivity index (χ3v) is 8.04. The summed E-state index contributed by atoms with van der Waals surface area (Å²) in [7, 11) is 0. The van der Waals surface area contributed by atoms with Crippen LogP contribution in [0.1, 0.15) is 84.1 Å². The summed E-state index contributed by atoms with van der Waals surface area (Å²) in [5.74, 6) is 2.48. The molecule has 6 nitrogen and oxygen atoms in total. The Kier molecular flexibility index (Phi) is 7.83. The summed E-state index contributed by atoms with van der Waals surface area (Å²) in [6.07, 6.45) is 15.0. The van der Waals surface area contributed by atoms with Gasteiger partial charge in [-0.3, -0.25) is 9.78 Å². The predicted molar refractivity (Wildman–Crippen MR) is 133 cm³/mol. The number of ether oxygens (including phenoxy) is 1. The molecule has 0 spiro atoms. The van der Waals surface area contributed by atoms with Crippen molar-refractivity contribution in [1.82, 2.24) is 15.2 Å². The zero-order chi connectivity index (χ0) is 24.2. The lowest BCUT2D eigenvalue weighted by molar-refractivity contribution is -0.155. The van der Waals surface area contributed by atoms with Crippen LogP contribution in [0.15, 0.2) is 24.5 Å². The van der Waals surface area contributed by atoms with Gasteiger partial charge in [-0.2, -0.15) is 0 Å². The van der Waals surface area contributed by atoms with Crippen LogP contribution in [0.4, 0.5) is 4.79 Å². The topological polar surface area (TPSA) is 71.5 Å². The minimum absolute atomic E-state index is 0.0528. The number of hydrogen-bond donors (Lipinski definition) is 1. The van der Waals surface area contributed by atoms with Gasteiger partial charge in [-0.1, -0.05) is 0 Å². The molecule has 4 aliphatic carbocycles. The first-order chi connectivity index (χ1) is 16.2. The molecule has 0 radical (unpaired) electrons. The summed E-state index contributed by atoms with van der Waals surface area (Å²) in [5.41, 5.74) is 1.14. The minimum Gasteiger partial charge on any atom is -0.460 e. The molecule has 1 N–H and O–H groups in total. The quantitative estimate of drug-likeness (QED) is 0.370. The van der Waals surface area contributed by atoms with Crippen LogP contribution in [-0.4, -0.2) is 47.1 Å². The highest BCUT2D eigenvalue weighted by Gasteiger charge is 2.50. The van der Waals surface area contributed by atoms with E-state index in [1.54, 1.807) is 12.4 Å². The van der Waals surface area contributed by atoms with Gasteiger partial charge in [-0.25, -0.2) is 4.79 Å². The second kappa shape index (κ2) is 10.7. The highest BCUT2D eigenvalue weighted by atomic mass is 16.6. The SMILES string of the molecule is CC(C)(C)OC(=O)CCN(CCC12CC3CC(CC(C3)C1)C2)C(=O)NCCCc1ccncc1. The van der Waals surface area contributed by atoms with Gasteiger partial charge in [-0.05, 0) is 119 Å². The van der Waals surface area contributed by atoms with Crippen molar-refractivity contribution in [3.8, 4) is 0 Å². The molecule has 0 saturated heterocycles. The van der Waals surface area contributed by atoms with E-state index in [4.69, 9.17) is 4.74 Å². The first-order valence-corrected chi connectivity index (χ1v) is 13.3. The minimum atomic E-state index is -0.504. The van der Waals surface area contributed by atoms with Crippen LogP contribution in [0, 0.1) is 23.2 Å². The average molecular weight is 470 g/mol. The Hall–Kier alpha value is -2.11. The van der Waals surface area contributed by atoms with Crippen LogP contribution >= 0.6 is 0 Å². The van der Waals surface area contributed by atoms with E-state index in [1.807, 2.05) is 37.8 Å². The van der Waals surface area contributed by atoms with Crippen LogP contribution in [0.25, 0.3) is 0 Å². The van der Waals surface area contributed by atoms with Gasteiger partial charge in [0, 0.05) is 32.0 Å². The average Bonchev–Trinajstić information content (AvgIpc) is 2.75. The van der Waals surface area contributed by atoms with Crippen LogP contribution in [-0.2, 0) is 16.0 Å². The highest BCUT2D eigenvalue weighted by Crippen LogP contribution is 2.61. The molecule has 1 aromatic rings. The van der Waals surface area contributed by atoms with Gasteiger partial charge in [0.25, 0.3) is 0 Å². The summed E-state index contributed by atoms with van der Waals surface area (Å²) < 4.78 is 5.49. The van der Waals surface area contributed by atoms with Crippen molar-refractivity contribution in [1.29, 1.82) is 0 Å². The Labute approximate surface area is 205 Å². The number of urea groups is 1. The molecule has 5 rings (SSSR count). The lowest BCUT2D eigenvalue weighted by Gasteiger charge is -2.57. The molecule has 2 amide bonds. The fourth-order valence-electron chi connectivity index (χ4n) is 7.05. The monoisotopic (exact) mass is 469 g/mol. The van der Waals surface area contributed by atoms with Crippen molar-refractivity contribution in [2.75, 3.05) is 19.6 Å². The van der Waals surface area contributed by atoms with Gasteiger partial charge in [0.2, 0.25) is 0 Å². The number of nitrogens with zero attached hydrogens (tertiary/aromatic N) is 2. The van der Waals surface area contributed by atoms with Crippen molar-refractivity contribution < 1.29 is 14.3 Å². The van der Waals surface area contributed by atoms with Crippen LogP contribution in [0.3, 0.4) is 0 Å². The van der Waals surface area contributed by atoms with E-state index < -0.39 is 5.60 Å². The van der Waals surface area contributed by atoms with E-state index in [-0.39, 0.29) is 18.4 Å². The Morgan fingerprint density at radius 2 is 1.68 bits per heavy atom. The predicted octanol–water partition coefficient (Wildman–Crippen LogP) is 5.36. The molecule has 4 fully saturated rings. The van der Waals surface area contributed by atoms with E-state index in [9.17, 15) is 9.59 Å². The molecule has 0 aliphatic heterocycles. The van der Waals surface area contributed by atoms with Crippen molar-refractivity contribution in [2.24, 2.45) is 23.2 Å². The highest BCUT2D eigenvalue weighted by molar-refractivity contribution is 5.75. The molecule has 0 unspecified atom stereocenters. The number of amides is 2. The number of carbonyl (C=O) groups excluding carboxylic acids is 2. The standard InChI is InChI=1S/C28H43N3O3/c1-27(2,3)34-25(32)8-13-31(26(33)30-10-4-5-21-6-11-29-12-7-21)14-9-28-18-22-15-23(19-28)17-24(16-22)20-28/h6-7,11-12,22-24H,4-5,8-10,13-20H2,1-3H3,(H,30,33). The lowest BCUT2D eigenvalue weighted by atomic mass is 9.49. The van der Waals surface area contributed by atoms with E-state index in [1.165, 1.54) is 44.1 Å². The van der Waals surface area contributed by atoms with Gasteiger partial charge >= 0.3 is 12.0 Å². The molecule has 1 heterocycles. The van der Waals surface area contributed by atoms with Crippen LogP contribution < -0.4 is 5.32 Å². The van der Waals surface area contributed by atoms with E-state index >= 15 is 0 Å². The number of hydrogen-bond acceptors (Lipinski definition) is 4. The van der Waals surface area contributed by atoms with Gasteiger partial charge in [-0.15, -0.1) is 0 Å². The molecule has 0 aromatic carbocycles. The van der Waals surface area contributed by atoms with Crippen molar-refractivity contribution in [3.05, 3.63) is 30.1 Å². The number of carbonyl (C=O) groups is 2. The molecule has 4 saturated carbocycles. The van der Waals surface area contributed by atoms with Crippen molar-refractivity contribution >= 4 is 12.0 Å². The van der Waals surface area contributed by atoms with Crippen LogP contribution in [0.5, 0.6) is 0 Å². The summed E-state index contributed by atoms with van der Waals surface area (Å²) in [5, 5.41) is 3.10. The first kappa shape index (κ1) is 25.0. The molecule has 6 heteroatoms. The molecule has 0 atom stereocenters. The number of pyridine rings is 1. The summed E-state index contributed by atoms with van der Waals surface area (Å²) >= 11 is 0. The Balaban J connectivity index is 1.30. The van der Waals surface area contributed by atoms with Crippen LogP contribution in [0.2, 0.25) is 0 Å². The van der Waals surface area contributed by atoms with Gasteiger partial charge in [0.15, 0.2) is 0 Å². The molecule has 34 heavy (non-hydrogen) atoms. The van der Waals surface area contributed by atoms with Gasteiger partial charge in [0.05, 0.1) is 6.42 Å². The second-order valence-electron chi connectivity index (χ2n) is 12.2. The largest absolute Gasteiger partial charge is 0.460 e. The molecule has 4 bridgehead atoms. The fraction of sp³-hybridized carbons (Fsp3) is 0.750. The van der Waals surface area contributed by atoms with Crippen molar-refractivity contribution in [2.45, 2.75) is 90.6 Å². The van der Waals surface area contributed by atoms with E-state index in [2.05, 4.69) is 10.3 Å². The third-order valence-electron chi connectivity index (χ3n) is 8.04. The number of aromatic nitrogens is 1. The first-order valence-electron chi connectivity index (χ1n) is 13.3. The smallest absolute Gasteiger partial charge is 0.317 e. The summed E-state index contributed by atoms with van der Waals surface area (Å²) in [6.45, 7) is 7.41. The Morgan fingerprint density at radius 1 is 1.06 bits per heavy atom. The number of nitrogens with one attached hydrogen (secondary N) is 1. The van der Waals surface area contributed by atoms with Gasteiger partial charge < -0.3 is 15.0 Å². The van der Waals surface area contributed by atoms with Crippen molar-refractivity contribution in [3.63, 3.8) is 0 Å². The maximum atomic E-state index is 13.1. The maximum Gasteiger partial charge on any atom is 0.317 e. The maximum absolute atomic E-state index is 13.1. The Bertz CT molecular complexity index is 798. The fourth-order valence-corrected chi connectivity index (χ4v) is 7.05. The third kappa shape index (κ3) is 6.96. The summed E-state index contributed by atoms with van der Waals surface area (Å²) in [4.78, 5) is 31.4. The Morgan fingerprint density at radius 3 is 2.26 bits per heavy atom. The molecule has 188 valence electrons. The summed E-state index contributed by atoms with van der Waals surface area (Å²) in [6, 6.07) is 3.98. The molecular weight excluding hydrogens is 426 g/mol.